The number of ether oxygens (including phenoxy) is 2. The Hall–Kier alpha value is -2.22. The van der Waals surface area contributed by atoms with Gasteiger partial charge in [-0.25, -0.2) is 0 Å². The molecule has 0 aliphatic heterocycles. The van der Waals surface area contributed by atoms with E-state index in [2.05, 4.69) is 16.6 Å². The number of carbonyl (C=O) groups excluding carboxylic acids is 1. The second-order valence-corrected chi connectivity index (χ2v) is 4.69. The Balaban J connectivity index is 2.18. The van der Waals surface area contributed by atoms with E-state index in [0.29, 0.717) is 17.1 Å². The predicted octanol–water partition coefficient (Wildman–Crippen LogP) is 3.06. The van der Waals surface area contributed by atoms with Crippen LogP contribution in [0.4, 0.5) is 0 Å². The van der Waals surface area contributed by atoms with Gasteiger partial charge in [-0.05, 0) is 35.9 Å². The van der Waals surface area contributed by atoms with Gasteiger partial charge in [-0.2, -0.15) is 0 Å². The Kier molecular flexibility index (Phi) is 5.65. The van der Waals surface area contributed by atoms with Crippen molar-refractivity contribution in [2.75, 3.05) is 14.2 Å². The smallest absolute Gasteiger partial charge is 0.482 e. The largest absolute Gasteiger partial charge is 0.654 e. The van der Waals surface area contributed by atoms with Crippen molar-refractivity contribution in [3.05, 3.63) is 59.7 Å². The van der Waals surface area contributed by atoms with Gasteiger partial charge in [0.15, 0.2) is 5.78 Å². The maximum absolute atomic E-state index is 12.3. The van der Waals surface area contributed by atoms with Crippen LogP contribution in [0, 0.1) is 0 Å². The second kappa shape index (κ2) is 7.69. The first kappa shape index (κ1) is 16.2. The molecular weight excluding hydrogens is 295 g/mol. The van der Waals surface area contributed by atoms with E-state index in [1.54, 1.807) is 31.4 Å². The maximum atomic E-state index is 12.3. The maximum Gasteiger partial charge on any atom is 0.482 e. The molecular formula is C17H15AlO4. The molecule has 2 radical (unpaired) electrons. The summed E-state index contributed by atoms with van der Waals surface area (Å²) >= 11 is 2.19. The van der Waals surface area contributed by atoms with Gasteiger partial charge in [0.25, 0.3) is 0 Å². The van der Waals surface area contributed by atoms with Gasteiger partial charge in [-0.15, -0.1) is 0 Å². The molecule has 110 valence electrons. The molecule has 0 aliphatic carbocycles. The van der Waals surface area contributed by atoms with E-state index in [1.165, 1.54) is 13.2 Å². The number of carbonyl (C=O) groups is 1. The van der Waals surface area contributed by atoms with Crippen molar-refractivity contribution in [3.8, 4) is 17.2 Å². The quantitative estimate of drug-likeness (QED) is 0.467. The van der Waals surface area contributed by atoms with Crippen molar-refractivity contribution in [1.29, 1.82) is 0 Å². The summed E-state index contributed by atoms with van der Waals surface area (Å²) in [6.45, 7) is 0. The van der Waals surface area contributed by atoms with Crippen molar-refractivity contribution >= 4 is 28.5 Å². The monoisotopic (exact) mass is 310 g/mol. The number of benzene rings is 2. The lowest BCUT2D eigenvalue weighted by molar-refractivity contribution is 0.104. The third-order valence-corrected chi connectivity index (χ3v) is 3.39. The average molecular weight is 310 g/mol. The Morgan fingerprint density at radius 1 is 1.00 bits per heavy atom. The molecule has 2 rings (SSSR count). The molecule has 0 spiro atoms. The lowest BCUT2D eigenvalue weighted by Crippen LogP contribution is -1.99. The van der Waals surface area contributed by atoms with Crippen LogP contribution in [0.1, 0.15) is 15.9 Å². The lowest BCUT2D eigenvalue weighted by atomic mass is 10.1. The van der Waals surface area contributed by atoms with Gasteiger partial charge in [0.2, 0.25) is 0 Å². The Morgan fingerprint density at radius 3 is 2.27 bits per heavy atom. The van der Waals surface area contributed by atoms with Crippen LogP contribution in [-0.4, -0.2) is 36.6 Å². The zero-order chi connectivity index (χ0) is 15.9. The Morgan fingerprint density at radius 2 is 1.68 bits per heavy atom. The van der Waals surface area contributed by atoms with E-state index >= 15 is 0 Å². The molecule has 4 nitrogen and oxygen atoms in total. The fourth-order valence-corrected chi connectivity index (χ4v) is 2.08. The highest BCUT2D eigenvalue weighted by Crippen LogP contribution is 2.25. The van der Waals surface area contributed by atoms with Gasteiger partial charge in [-0.1, -0.05) is 18.2 Å². The first-order valence-electron chi connectivity index (χ1n) is 6.59. The fraction of sp³-hybridized carbons (Fsp3) is 0.118. The molecule has 22 heavy (non-hydrogen) atoms. The third-order valence-electron chi connectivity index (χ3n) is 3.12. The van der Waals surface area contributed by atoms with Crippen molar-refractivity contribution in [2.24, 2.45) is 0 Å². The molecule has 5 heteroatoms. The van der Waals surface area contributed by atoms with Crippen LogP contribution < -0.4 is 13.3 Å². The van der Waals surface area contributed by atoms with Crippen molar-refractivity contribution in [1.82, 2.24) is 0 Å². The number of methoxy groups -OCH3 is 2. The topological polar surface area (TPSA) is 44.8 Å². The SMILES string of the molecule is COc1ccc(C(=O)/C=C/c2ccc([O][Al])cc2)c(OC)c1. The second-order valence-electron chi connectivity index (χ2n) is 4.45. The Labute approximate surface area is 138 Å². The van der Waals surface area contributed by atoms with Crippen LogP contribution in [0.2, 0.25) is 0 Å². The highest BCUT2D eigenvalue weighted by atomic mass is 27.1. The number of hydrogen-bond donors (Lipinski definition) is 0. The highest BCUT2D eigenvalue weighted by Gasteiger charge is 2.10. The molecule has 2 aromatic rings. The van der Waals surface area contributed by atoms with Gasteiger partial charge in [0, 0.05) is 6.07 Å². The molecule has 2 aromatic carbocycles. The van der Waals surface area contributed by atoms with Gasteiger partial charge in [0.05, 0.1) is 25.5 Å². The van der Waals surface area contributed by atoms with E-state index in [9.17, 15) is 4.79 Å². The van der Waals surface area contributed by atoms with Crippen LogP contribution in [-0.2, 0) is 0 Å². The van der Waals surface area contributed by atoms with Gasteiger partial charge < -0.3 is 13.3 Å². The summed E-state index contributed by atoms with van der Waals surface area (Å²) in [5.74, 6) is 1.74. The van der Waals surface area contributed by atoms with Crippen molar-refractivity contribution in [2.45, 2.75) is 0 Å². The highest BCUT2D eigenvalue weighted by molar-refractivity contribution is 6.08. The molecule has 0 amide bonds. The van der Waals surface area contributed by atoms with Gasteiger partial charge >= 0.3 is 16.6 Å². The molecule has 0 heterocycles. The zero-order valence-corrected chi connectivity index (χ0v) is 13.6. The van der Waals surface area contributed by atoms with E-state index in [1.807, 2.05) is 24.3 Å². The van der Waals surface area contributed by atoms with Crippen LogP contribution in [0.3, 0.4) is 0 Å². The van der Waals surface area contributed by atoms with Crippen LogP contribution in [0.25, 0.3) is 6.08 Å². The first-order valence-corrected chi connectivity index (χ1v) is 7.06. The van der Waals surface area contributed by atoms with Gasteiger partial charge in [-0.3, -0.25) is 4.79 Å². The number of hydrogen-bond acceptors (Lipinski definition) is 4. The van der Waals surface area contributed by atoms with Crippen molar-refractivity contribution < 1.29 is 18.1 Å². The standard InChI is InChI=1S/C17H16O4.Al/c1-20-14-8-9-15(17(11-14)21-2)16(19)10-5-12-3-6-13(18)7-4-12;/h3-11,18H,1-2H3;/q;+1/p-1/b10-5+;. The minimum atomic E-state index is -0.133. The minimum absolute atomic E-state index is 0.133. The summed E-state index contributed by atoms with van der Waals surface area (Å²) in [6, 6.07) is 12.5. The molecule has 0 aliphatic rings. The number of ketones is 1. The molecule has 0 fully saturated rings. The normalized spacial score (nSPS) is 10.5. The van der Waals surface area contributed by atoms with E-state index in [0.717, 1.165) is 11.3 Å². The minimum Gasteiger partial charge on any atom is -0.654 e. The van der Waals surface area contributed by atoms with E-state index in [4.69, 9.17) is 13.3 Å². The Bertz CT molecular complexity index is 678. The van der Waals surface area contributed by atoms with Crippen LogP contribution >= 0.6 is 0 Å². The summed E-state index contributed by atoms with van der Waals surface area (Å²) in [7, 11) is 3.09. The molecule has 0 saturated heterocycles. The molecule has 0 unspecified atom stereocenters. The van der Waals surface area contributed by atoms with E-state index in [-0.39, 0.29) is 5.78 Å². The molecule has 0 N–H and O–H groups in total. The number of allylic oxidation sites excluding steroid dienone is 1. The molecule has 0 saturated carbocycles. The summed E-state index contributed by atoms with van der Waals surface area (Å²) in [5.41, 5.74) is 1.40. The summed E-state index contributed by atoms with van der Waals surface area (Å²) in [5, 5.41) is 0. The van der Waals surface area contributed by atoms with E-state index < -0.39 is 0 Å². The van der Waals surface area contributed by atoms with Gasteiger partial charge in [0.1, 0.15) is 11.5 Å². The summed E-state index contributed by atoms with van der Waals surface area (Å²) in [4.78, 5) is 12.3. The fourth-order valence-electron chi connectivity index (χ4n) is 1.92. The third kappa shape index (κ3) is 3.91. The van der Waals surface area contributed by atoms with Crippen LogP contribution in [0.5, 0.6) is 17.2 Å². The predicted molar refractivity (Wildman–Crippen MR) is 85.7 cm³/mol. The first-order chi connectivity index (χ1) is 10.7. The molecule has 0 bridgehead atoms. The lowest BCUT2D eigenvalue weighted by Gasteiger charge is -2.08. The zero-order valence-electron chi connectivity index (χ0n) is 12.4. The summed E-state index contributed by atoms with van der Waals surface area (Å²) < 4.78 is 15.4. The molecule has 0 atom stereocenters. The molecule has 0 aromatic heterocycles. The van der Waals surface area contributed by atoms with Crippen molar-refractivity contribution in [3.63, 3.8) is 0 Å². The van der Waals surface area contributed by atoms with Crippen LogP contribution in [0.15, 0.2) is 48.5 Å². The summed E-state index contributed by atoms with van der Waals surface area (Å²) in [6.07, 6.45) is 3.26. The number of rotatable bonds is 6. The average Bonchev–Trinajstić information content (AvgIpc) is 2.59.